The number of thiol groups is 1. The van der Waals surface area contributed by atoms with Crippen molar-refractivity contribution in [1.29, 1.82) is 0 Å². The molecule has 2 fully saturated rings. The lowest BCUT2D eigenvalue weighted by molar-refractivity contribution is -0.141. The molecule has 0 aromatic carbocycles. The summed E-state index contributed by atoms with van der Waals surface area (Å²) in [5, 5.41) is 0. The molecule has 2 aliphatic rings. The van der Waals surface area contributed by atoms with Gasteiger partial charge in [0.25, 0.3) is 12.0 Å². The van der Waals surface area contributed by atoms with Crippen LogP contribution in [0.15, 0.2) is 34.5 Å². The van der Waals surface area contributed by atoms with Gasteiger partial charge in [0.05, 0.1) is 27.6 Å². The van der Waals surface area contributed by atoms with Crippen molar-refractivity contribution in [3.05, 3.63) is 45.8 Å². The second-order valence-corrected chi connectivity index (χ2v) is 12.9. The predicted octanol–water partition coefficient (Wildman–Crippen LogP) is 0.0448. The Hall–Kier alpha value is -2.45. The summed E-state index contributed by atoms with van der Waals surface area (Å²) >= 11 is 9.06. The number of carbonyl (C=O) groups excluding carboxylic acids is 1. The molecule has 3 aromatic rings. The first-order chi connectivity index (χ1) is 20.5. The number of nitrogens with one attached hydrogen (secondary N) is 1. The molecule has 3 aromatic heterocycles. The van der Waals surface area contributed by atoms with Gasteiger partial charge in [-0.05, 0) is 11.8 Å². The van der Waals surface area contributed by atoms with Gasteiger partial charge in [0.15, 0.2) is 42.4 Å². The van der Waals surface area contributed by atoms with Crippen molar-refractivity contribution in [2.45, 2.75) is 49.2 Å². The number of nitrogens with two attached hydrogens (primary N) is 1. The lowest BCUT2D eigenvalue weighted by atomic mass is 10.1. The van der Waals surface area contributed by atoms with Crippen molar-refractivity contribution in [1.82, 2.24) is 29.1 Å². The summed E-state index contributed by atoms with van der Waals surface area (Å²) in [4.78, 5) is 59.6. The molecule has 0 saturated carbocycles. The molecule has 2 aliphatic heterocycles. The van der Waals surface area contributed by atoms with Gasteiger partial charge < -0.3 is 33.9 Å². The van der Waals surface area contributed by atoms with E-state index in [1.165, 1.54) is 17.2 Å². The number of carbonyl (C=O) groups is 1. The van der Waals surface area contributed by atoms with Gasteiger partial charge in [-0.3, -0.25) is 28.2 Å². The summed E-state index contributed by atoms with van der Waals surface area (Å²) in [5.41, 5.74) is 4.54. The van der Waals surface area contributed by atoms with Crippen LogP contribution in [0.1, 0.15) is 12.5 Å². The van der Waals surface area contributed by atoms with E-state index in [-0.39, 0.29) is 38.1 Å². The smallest absolute Gasteiger partial charge is 0.330 e. The quantitative estimate of drug-likeness (QED) is 0.112. The third-order valence-corrected chi connectivity index (χ3v) is 8.74. The minimum atomic E-state index is -4.37. The zero-order chi connectivity index (χ0) is 30.9. The van der Waals surface area contributed by atoms with Gasteiger partial charge in [-0.25, -0.2) is 28.5 Å². The number of H-pyrrole nitrogens is 1. The van der Waals surface area contributed by atoms with Gasteiger partial charge >= 0.3 is 12.4 Å². The normalized spacial score (nSPS) is 30.7. The predicted molar refractivity (Wildman–Crippen MR) is 150 cm³/mol. The van der Waals surface area contributed by atoms with Crippen LogP contribution in [-0.4, -0.2) is 90.4 Å². The molecule has 0 aliphatic carbocycles. The average molecular weight is 686 g/mol. The number of fused-ring (bicyclic) bond motifs is 1. The zero-order valence-electron chi connectivity index (χ0n) is 21.4. The molecule has 23 heteroatoms. The lowest BCUT2D eigenvalue weighted by Gasteiger charge is -2.26. The number of nitrogen functional groups attached to an aromatic ring is 1. The van der Waals surface area contributed by atoms with Gasteiger partial charge in [0, 0.05) is 12.3 Å². The van der Waals surface area contributed by atoms with Crippen molar-refractivity contribution in [2.75, 3.05) is 18.9 Å². The van der Waals surface area contributed by atoms with E-state index in [0.29, 0.717) is 0 Å². The fraction of sp³-hybridized carbons (Fsp3) is 0.500. The molecule has 5 rings (SSSR count). The number of hydrogen-bond acceptors (Lipinski definition) is 15. The number of aromatic nitrogens is 6. The molecule has 2 unspecified atom stereocenters. The highest BCUT2D eigenvalue weighted by molar-refractivity contribution is 8.36. The van der Waals surface area contributed by atoms with Crippen molar-refractivity contribution < 1.29 is 46.3 Å². The standard InChI is InChI=1S/C20H23F2N7O10P2S2/c21-11-9(38-18(14(11)34-7-30)28-2-1-10(31)27-20(28)32)4-36-41(33,43)39-15-12(22)8(3-35-40-42)37-19(15)29-6-26-13-16(23)24-5-25-17(13)29/h1-2,5-9,11-12,14-15,18-19,40,42H,3-4H2,(H,33,43)(H2,23,24,25)(H,27,31,32)/t8-,9-,11-,12-,14-,15-,18-,19-,41?/m1/s1. The Balaban J connectivity index is 1.34. The van der Waals surface area contributed by atoms with E-state index in [0.717, 1.165) is 16.8 Å². The summed E-state index contributed by atoms with van der Waals surface area (Å²) in [6.07, 6.45) is -9.28. The number of imidazole rings is 1. The molecule has 5 heterocycles. The van der Waals surface area contributed by atoms with Crippen LogP contribution in [0.2, 0.25) is 0 Å². The van der Waals surface area contributed by atoms with E-state index in [4.69, 9.17) is 45.3 Å². The Morgan fingerprint density at radius 1 is 1.16 bits per heavy atom. The molecular weight excluding hydrogens is 662 g/mol. The highest BCUT2D eigenvalue weighted by Crippen LogP contribution is 2.51. The van der Waals surface area contributed by atoms with Crippen molar-refractivity contribution in [3.8, 4) is 0 Å². The number of alkyl halides is 2. The third kappa shape index (κ3) is 6.65. The number of anilines is 1. The van der Waals surface area contributed by atoms with Gasteiger partial charge in [0.1, 0.15) is 30.2 Å². The summed E-state index contributed by atoms with van der Waals surface area (Å²) in [5.74, 6) is 0.0550. The van der Waals surface area contributed by atoms with E-state index in [1.807, 2.05) is 4.98 Å². The largest absolute Gasteiger partial charge is 0.456 e. The molecule has 43 heavy (non-hydrogen) atoms. The number of aromatic amines is 1. The number of rotatable bonds is 12. The summed E-state index contributed by atoms with van der Waals surface area (Å²) < 4.78 is 65.3. The lowest BCUT2D eigenvalue weighted by Crippen LogP contribution is -2.37. The number of ether oxygens (including phenoxy) is 3. The van der Waals surface area contributed by atoms with Crippen LogP contribution >= 0.6 is 27.0 Å². The van der Waals surface area contributed by atoms with E-state index < -0.39 is 73.8 Å². The summed E-state index contributed by atoms with van der Waals surface area (Å²) in [7, 11) is -0.270. The van der Waals surface area contributed by atoms with Crippen LogP contribution < -0.4 is 17.0 Å². The maximum absolute atomic E-state index is 15.6. The first-order valence-electron chi connectivity index (χ1n) is 12.1. The average Bonchev–Trinajstić information content (AvgIpc) is 3.62. The van der Waals surface area contributed by atoms with Crippen LogP contribution in [0.5, 0.6) is 0 Å². The number of halogens is 2. The third-order valence-electron chi connectivity index (χ3n) is 6.50. The SMILES string of the molecule is Nc1ncnc2c1ncn2[C@@H]1O[C@H](COPS)[C@@H](F)[C@H]1OP(O)(=S)OC[C@H]1O[C@@H](n2ccc(=O)[nH]c2=O)[C@H](OC=O)[C@@H]1F. The number of hydrogen-bond donors (Lipinski definition) is 4. The van der Waals surface area contributed by atoms with Crippen molar-refractivity contribution in [3.63, 3.8) is 0 Å². The topological polar surface area (TPSA) is 217 Å². The second kappa shape index (κ2) is 13.3. The molecule has 0 spiro atoms. The van der Waals surface area contributed by atoms with Gasteiger partial charge in [-0.1, -0.05) is 0 Å². The first-order valence-corrected chi connectivity index (χ1v) is 16.9. The van der Waals surface area contributed by atoms with Crippen LogP contribution in [0.3, 0.4) is 0 Å². The Bertz CT molecular complexity index is 1630. The Morgan fingerprint density at radius 2 is 1.86 bits per heavy atom. The Kier molecular flexibility index (Phi) is 9.86. The van der Waals surface area contributed by atoms with Gasteiger partial charge in [-0.15, -0.1) is 12.2 Å². The van der Waals surface area contributed by atoms with Crippen LogP contribution in [-0.2, 0) is 44.4 Å². The summed E-state index contributed by atoms with van der Waals surface area (Å²) in [6.45, 7) is -5.39. The van der Waals surface area contributed by atoms with E-state index in [2.05, 4.69) is 27.2 Å². The van der Waals surface area contributed by atoms with E-state index in [9.17, 15) is 19.3 Å². The molecule has 4 N–H and O–H groups in total. The minimum absolute atomic E-state index is 0.0403. The minimum Gasteiger partial charge on any atom is -0.456 e. The second-order valence-electron chi connectivity index (χ2n) is 9.05. The highest BCUT2D eigenvalue weighted by atomic mass is 32.7. The monoisotopic (exact) mass is 685 g/mol. The molecule has 0 amide bonds. The number of nitrogens with zero attached hydrogens (tertiary/aromatic N) is 5. The van der Waals surface area contributed by atoms with Crippen LogP contribution in [0, 0.1) is 0 Å². The Labute approximate surface area is 251 Å². The molecule has 17 nitrogen and oxygen atoms in total. The fourth-order valence-corrected chi connectivity index (χ4v) is 6.45. The van der Waals surface area contributed by atoms with Crippen LogP contribution in [0.4, 0.5) is 14.6 Å². The van der Waals surface area contributed by atoms with Crippen LogP contribution in [0.25, 0.3) is 11.2 Å². The van der Waals surface area contributed by atoms with E-state index in [1.54, 1.807) is 0 Å². The maximum atomic E-state index is 15.6. The van der Waals surface area contributed by atoms with Gasteiger partial charge in [-0.2, -0.15) is 0 Å². The highest BCUT2D eigenvalue weighted by Gasteiger charge is 2.51. The van der Waals surface area contributed by atoms with Crippen molar-refractivity contribution >= 4 is 62.2 Å². The maximum Gasteiger partial charge on any atom is 0.330 e. The van der Waals surface area contributed by atoms with Crippen molar-refractivity contribution in [2.24, 2.45) is 0 Å². The Morgan fingerprint density at radius 3 is 2.56 bits per heavy atom. The fourth-order valence-electron chi connectivity index (χ4n) is 4.58. The zero-order valence-corrected chi connectivity index (χ0v) is 25.0. The van der Waals surface area contributed by atoms with Gasteiger partial charge in [0.2, 0.25) is 0 Å². The molecule has 10 atom stereocenters. The van der Waals surface area contributed by atoms with E-state index >= 15 is 8.78 Å². The molecular formula is C20H23F2N7O10P2S2. The molecule has 0 bridgehead atoms. The summed E-state index contributed by atoms with van der Waals surface area (Å²) in [6, 6.07) is 0.980. The first kappa shape index (κ1) is 32.0. The molecule has 234 valence electrons. The molecule has 0 radical (unpaired) electrons. The molecule has 2 saturated heterocycles.